The van der Waals surface area contributed by atoms with Crippen LogP contribution in [0.4, 0.5) is 5.69 Å². The average molecular weight is 709 g/mol. The zero-order chi connectivity index (χ0) is 34.9. The standard InChI is InChI=1S/C40H51Cl2N3O4/c1-25(24-48-35-12-17-43-34-11-6-8-26(2)37(34)35)18-29-19-28-20-33(42)36(49-27(3)23-45(4)5)22-32(28)39(29)13-15-40(16-14-39,38(46)47)44-31-10-7-9-30(41)21-31/h7,9-10,12,17,20-22,25-27,29,44H,6,8,11,13-16,18-19,23-24H2,1-5H3,(H,46,47)/t25-,26-,27?,29?,39?,40?/m1/s1. The molecular formula is C40H51Cl2N3O4. The van der Waals surface area contributed by atoms with Crippen molar-refractivity contribution in [2.75, 3.05) is 32.6 Å². The van der Waals surface area contributed by atoms with E-state index in [1.165, 1.54) is 35.2 Å². The number of carboxylic acids is 1. The van der Waals surface area contributed by atoms with Crippen LogP contribution < -0.4 is 14.8 Å². The van der Waals surface area contributed by atoms with Crippen molar-refractivity contribution in [2.24, 2.45) is 11.8 Å². The van der Waals surface area contributed by atoms with E-state index in [2.05, 4.69) is 48.1 Å². The minimum atomic E-state index is -1.08. The van der Waals surface area contributed by atoms with Gasteiger partial charge in [0, 0.05) is 34.7 Å². The van der Waals surface area contributed by atoms with Crippen LogP contribution in [-0.2, 0) is 23.1 Å². The number of nitrogens with one attached hydrogen (secondary N) is 1. The molecule has 1 heterocycles. The van der Waals surface area contributed by atoms with Gasteiger partial charge in [-0.3, -0.25) is 4.98 Å². The molecule has 0 aliphatic heterocycles. The van der Waals surface area contributed by atoms with E-state index in [0.29, 0.717) is 53.0 Å². The Kier molecular flexibility index (Phi) is 10.7. The Morgan fingerprint density at radius 2 is 1.88 bits per heavy atom. The predicted octanol–water partition coefficient (Wildman–Crippen LogP) is 9.18. The van der Waals surface area contributed by atoms with Gasteiger partial charge in [0.1, 0.15) is 23.1 Å². The highest BCUT2D eigenvalue weighted by Crippen LogP contribution is 2.57. The second kappa shape index (κ2) is 14.7. The lowest BCUT2D eigenvalue weighted by Crippen LogP contribution is -2.53. The quantitative estimate of drug-likeness (QED) is 0.194. The van der Waals surface area contributed by atoms with Gasteiger partial charge in [0.25, 0.3) is 0 Å². The molecule has 1 fully saturated rings. The van der Waals surface area contributed by atoms with Crippen LogP contribution in [0.5, 0.6) is 11.5 Å². The summed E-state index contributed by atoms with van der Waals surface area (Å²) in [5, 5.41) is 15.2. The third-order valence-electron chi connectivity index (χ3n) is 11.3. The number of fused-ring (bicyclic) bond motifs is 3. The lowest BCUT2D eigenvalue weighted by Gasteiger charge is -2.47. The number of carboxylic acid groups (broad SMARTS) is 1. The van der Waals surface area contributed by atoms with Crippen molar-refractivity contribution in [3.05, 3.63) is 81.1 Å². The van der Waals surface area contributed by atoms with Crippen molar-refractivity contribution < 1.29 is 19.4 Å². The topological polar surface area (TPSA) is 83.9 Å². The number of ether oxygens (including phenoxy) is 2. The number of carbonyl (C=O) groups is 1. The molecule has 264 valence electrons. The van der Waals surface area contributed by atoms with Gasteiger partial charge in [-0.2, -0.15) is 0 Å². The maximum Gasteiger partial charge on any atom is 0.329 e. The third kappa shape index (κ3) is 7.55. The molecule has 3 aliphatic rings. The number of halogens is 2. The second-order valence-corrected chi connectivity index (χ2v) is 16.2. The highest BCUT2D eigenvalue weighted by molar-refractivity contribution is 6.32. The molecule has 2 N–H and O–H groups in total. The number of likely N-dealkylation sites (N-methyl/N-ethyl adjacent to an activating group) is 1. The van der Waals surface area contributed by atoms with Crippen molar-refractivity contribution in [1.82, 2.24) is 9.88 Å². The van der Waals surface area contributed by atoms with Crippen LogP contribution in [0.3, 0.4) is 0 Å². The molecule has 0 amide bonds. The minimum Gasteiger partial charge on any atom is -0.493 e. The van der Waals surface area contributed by atoms with Gasteiger partial charge in [-0.15, -0.1) is 0 Å². The van der Waals surface area contributed by atoms with Gasteiger partial charge in [0.2, 0.25) is 0 Å². The van der Waals surface area contributed by atoms with Crippen molar-refractivity contribution in [3.8, 4) is 11.5 Å². The van der Waals surface area contributed by atoms with Gasteiger partial charge in [0.15, 0.2) is 0 Å². The number of aliphatic carboxylic acids is 1. The first-order valence-corrected chi connectivity index (χ1v) is 18.7. The fourth-order valence-electron chi connectivity index (χ4n) is 8.97. The molecule has 49 heavy (non-hydrogen) atoms. The molecule has 1 spiro atoms. The molecule has 3 aliphatic carbocycles. The average Bonchev–Trinajstić information content (AvgIpc) is 3.31. The van der Waals surface area contributed by atoms with E-state index in [1.807, 2.05) is 38.5 Å². The summed E-state index contributed by atoms with van der Waals surface area (Å²) >= 11 is 13.2. The number of benzene rings is 2. The Bertz CT molecular complexity index is 1650. The number of aromatic nitrogens is 1. The van der Waals surface area contributed by atoms with Crippen molar-refractivity contribution in [1.29, 1.82) is 0 Å². The highest BCUT2D eigenvalue weighted by atomic mass is 35.5. The van der Waals surface area contributed by atoms with E-state index in [1.54, 1.807) is 12.1 Å². The molecule has 0 bridgehead atoms. The molecule has 1 saturated carbocycles. The number of hydrogen-bond donors (Lipinski definition) is 2. The maximum absolute atomic E-state index is 13.0. The Morgan fingerprint density at radius 1 is 1.10 bits per heavy atom. The molecule has 2 aromatic carbocycles. The fraction of sp³-hybridized carbons (Fsp3) is 0.550. The summed E-state index contributed by atoms with van der Waals surface area (Å²) in [5.41, 5.74) is 4.42. The second-order valence-electron chi connectivity index (χ2n) is 15.3. The number of rotatable bonds is 12. The monoisotopic (exact) mass is 707 g/mol. The molecular weight excluding hydrogens is 657 g/mol. The lowest BCUT2D eigenvalue weighted by molar-refractivity contribution is -0.144. The molecule has 4 atom stereocenters. The predicted molar refractivity (Wildman–Crippen MR) is 198 cm³/mol. The Morgan fingerprint density at radius 3 is 2.59 bits per heavy atom. The van der Waals surface area contributed by atoms with Crippen LogP contribution in [0.25, 0.3) is 0 Å². The van der Waals surface area contributed by atoms with Crippen LogP contribution >= 0.6 is 23.2 Å². The number of anilines is 1. The Labute approximate surface area is 301 Å². The summed E-state index contributed by atoms with van der Waals surface area (Å²) in [5.74, 6) is 1.91. The normalized spacial score (nSPS) is 25.8. The van der Waals surface area contributed by atoms with Crippen molar-refractivity contribution in [2.45, 2.75) is 102 Å². The maximum atomic E-state index is 13.0. The van der Waals surface area contributed by atoms with E-state index in [0.717, 1.165) is 50.1 Å². The van der Waals surface area contributed by atoms with Crippen molar-refractivity contribution in [3.63, 3.8) is 0 Å². The molecule has 9 heteroatoms. The summed E-state index contributed by atoms with van der Waals surface area (Å²) in [6.07, 6.45) is 9.53. The molecule has 6 rings (SSSR count). The SMILES string of the molecule is CC(CN(C)C)Oc1cc2c(cc1Cl)CC(C[C@@H](C)COc1ccnc3c1[C@H](C)CCC3)C21CCC(Nc2cccc(Cl)c2)(C(=O)O)CC1. The number of aryl methyl sites for hydroxylation is 1. The highest BCUT2D eigenvalue weighted by Gasteiger charge is 2.54. The summed E-state index contributed by atoms with van der Waals surface area (Å²) in [6.45, 7) is 8.02. The first kappa shape index (κ1) is 35.8. The first-order valence-electron chi connectivity index (χ1n) is 17.9. The van der Waals surface area contributed by atoms with Gasteiger partial charge in [0.05, 0.1) is 11.6 Å². The summed E-state index contributed by atoms with van der Waals surface area (Å²) < 4.78 is 13.0. The first-order chi connectivity index (χ1) is 23.4. The molecule has 2 unspecified atom stereocenters. The summed E-state index contributed by atoms with van der Waals surface area (Å²) in [4.78, 5) is 19.7. The number of nitrogens with zero attached hydrogens (tertiary/aromatic N) is 2. The number of hydrogen-bond acceptors (Lipinski definition) is 6. The van der Waals surface area contributed by atoms with Gasteiger partial charge < -0.3 is 24.8 Å². The zero-order valence-electron chi connectivity index (χ0n) is 29.5. The molecule has 3 aromatic rings. The third-order valence-corrected chi connectivity index (χ3v) is 11.8. The summed E-state index contributed by atoms with van der Waals surface area (Å²) in [7, 11) is 4.07. The van der Waals surface area contributed by atoms with Crippen LogP contribution in [0.15, 0.2) is 48.7 Å². The molecule has 1 aromatic heterocycles. The molecule has 7 nitrogen and oxygen atoms in total. The molecule has 0 radical (unpaired) electrons. The number of pyridine rings is 1. The van der Waals surface area contributed by atoms with Crippen LogP contribution in [0.1, 0.15) is 94.0 Å². The van der Waals surface area contributed by atoms with Gasteiger partial charge in [-0.05, 0) is 150 Å². The van der Waals surface area contributed by atoms with Crippen LogP contribution in [0, 0.1) is 11.8 Å². The van der Waals surface area contributed by atoms with Crippen molar-refractivity contribution >= 4 is 34.9 Å². The van der Waals surface area contributed by atoms with E-state index < -0.39 is 11.5 Å². The van der Waals surface area contributed by atoms with Gasteiger partial charge in [-0.25, -0.2) is 4.79 Å². The van der Waals surface area contributed by atoms with E-state index in [4.69, 9.17) is 32.7 Å². The summed E-state index contributed by atoms with van der Waals surface area (Å²) in [6, 6.07) is 13.6. The minimum absolute atomic E-state index is 0.0366. The zero-order valence-corrected chi connectivity index (χ0v) is 31.0. The van der Waals surface area contributed by atoms with Crippen LogP contribution in [0.2, 0.25) is 10.0 Å². The molecule has 0 saturated heterocycles. The Hall–Kier alpha value is -3.00. The fourth-order valence-corrected chi connectivity index (χ4v) is 9.39. The van der Waals surface area contributed by atoms with E-state index in [9.17, 15) is 9.90 Å². The smallest absolute Gasteiger partial charge is 0.329 e. The Balaban J connectivity index is 1.27. The van der Waals surface area contributed by atoms with E-state index >= 15 is 0 Å². The largest absolute Gasteiger partial charge is 0.493 e. The van der Waals surface area contributed by atoms with Gasteiger partial charge >= 0.3 is 5.97 Å². The van der Waals surface area contributed by atoms with E-state index in [-0.39, 0.29) is 11.5 Å². The lowest BCUT2D eigenvalue weighted by atomic mass is 9.59. The van der Waals surface area contributed by atoms with Crippen LogP contribution in [-0.4, -0.2) is 59.8 Å². The van der Waals surface area contributed by atoms with Gasteiger partial charge in [-0.1, -0.05) is 43.1 Å².